The molecule has 1 aromatic carbocycles. The number of carbonyl (C=O) groups is 3. The number of carbonyl (C=O) groups excluding carboxylic acids is 3. The summed E-state index contributed by atoms with van der Waals surface area (Å²) in [5.74, 6) is -0.159. The standard InChI is InChI=1S/C28H39N5O5S/c1-19-25(39-18-30-19)21-7-5-20(6-8-21)14-29-26(36)24-13-23(35)16-33(24)15-22(17-34)31-9-11-32(12-10-31)27(37)38-28(2,3)4/h5-8,17-18,22-24,35H,9-16H2,1-4H3,(H,29,36)/t22?,23-,24+/m1/s1. The molecule has 39 heavy (non-hydrogen) atoms. The Morgan fingerprint density at radius 3 is 2.49 bits per heavy atom. The number of β-amino-alcohol motifs (C(OH)–C–C–N with tert-alkyl or cyclic N) is 1. The zero-order chi connectivity index (χ0) is 28.2. The molecule has 1 aromatic heterocycles. The van der Waals surface area contributed by atoms with E-state index in [1.807, 2.05) is 67.3 Å². The number of ether oxygens (including phenoxy) is 1. The molecule has 0 aliphatic carbocycles. The van der Waals surface area contributed by atoms with Gasteiger partial charge in [0.15, 0.2) is 0 Å². The van der Waals surface area contributed by atoms with Crippen molar-refractivity contribution in [2.75, 3.05) is 39.3 Å². The number of aliphatic hydroxyl groups is 1. The third-order valence-corrected chi connectivity index (χ3v) is 8.10. The van der Waals surface area contributed by atoms with Gasteiger partial charge in [0.1, 0.15) is 11.9 Å². The van der Waals surface area contributed by atoms with Gasteiger partial charge >= 0.3 is 6.09 Å². The number of benzene rings is 1. The molecule has 11 heteroatoms. The summed E-state index contributed by atoms with van der Waals surface area (Å²) in [6.45, 7) is 10.5. The van der Waals surface area contributed by atoms with Gasteiger partial charge in [0.05, 0.1) is 34.3 Å². The number of nitrogens with one attached hydrogen (secondary N) is 1. The van der Waals surface area contributed by atoms with Crippen LogP contribution in [0.5, 0.6) is 0 Å². The largest absolute Gasteiger partial charge is 0.444 e. The van der Waals surface area contributed by atoms with Crippen molar-refractivity contribution >= 4 is 29.6 Å². The molecule has 10 nitrogen and oxygen atoms in total. The lowest BCUT2D eigenvalue weighted by Gasteiger charge is -2.39. The summed E-state index contributed by atoms with van der Waals surface area (Å²) in [5, 5.41) is 13.3. The molecule has 1 unspecified atom stereocenters. The van der Waals surface area contributed by atoms with Gasteiger partial charge in [-0.3, -0.25) is 14.6 Å². The van der Waals surface area contributed by atoms with Crippen LogP contribution in [0.1, 0.15) is 38.4 Å². The Labute approximate surface area is 233 Å². The fourth-order valence-electron chi connectivity index (χ4n) is 5.06. The van der Waals surface area contributed by atoms with Crippen molar-refractivity contribution in [2.45, 2.75) is 64.4 Å². The number of aryl methyl sites for hydroxylation is 1. The average molecular weight is 558 g/mol. The summed E-state index contributed by atoms with van der Waals surface area (Å²) in [4.78, 5) is 48.6. The van der Waals surface area contributed by atoms with E-state index in [0.717, 1.165) is 28.0 Å². The molecule has 212 valence electrons. The van der Waals surface area contributed by atoms with Crippen LogP contribution in [-0.2, 0) is 20.9 Å². The first-order chi connectivity index (χ1) is 18.5. The van der Waals surface area contributed by atoms with Gasteiger partial charge in [-0.05, 0) is 45.2 Å². The number of hydrogen-bond acceptors (Lipinski definition) is 9. The summed E-state index contributed by atoms with van der Waals surface area (Å²) in [6.07, 6.45) is 0.249. The van der Waals surface area contributed by atoms with Crippen molar-refractivity contribution in [1.29, 1.82) is 0 Å². The van der Waals surface area contributed by atoms with E-state index in [4.69, 9.17) is 4.74 Å². The molecular weight excluding hydrogens is 518 g/mol. The number of aldehydes is 1. The van der Waals surface area contributed by atoms with Gasteiger partial charge < -0.3 is 24.9 Å². The van der Waals surface area contributed by atoms with Crippen LogP contribution < -0.4 is 5.32 Å². The van der Waals surface area contributed by atoms with E-state index < -0.39 is 23.8 Å². The lowest BCUT2D eigenvalue weighted by Crippen LogP contribution is -2.56. The molecule has 2 amide bonds. The Hall–Kier alpha value is -2.86. The Kier molecular flexibility index (Phi) is 9.37. The van der Waals surface area contributed by atoms with Crippen molar-refractivity contribution in [2.24, 2.45) is 0 Å². The Morgan fingerprint density at radius 1 is 1.21 bits per heavy atom. The van der Waals surface area contributed by atoms with Gasteiger partial charge in [0.25, 0.3) is 0 Å². The van der Waals surface area contributed by atoms with Gasteiger partial charge in [0.2, 0.25) is 5.91 Å². The third-order valence-electron chi connectivity index (χ3n) is 7.13. The molecule has 2 fully saturated rings. The van der Waals surface area contributed by atoms with Gasteiger partial charge in [0, 0.05) is 45.8 Å². The first-order valence-electron chi connectivity index (χ1n) is 13.4. The van der Waals surface area contributed by atoms with E-state index in [0.29, 0.717) is 52.2 Å². The number of hydrogen-bond donors (Lipinski definition) is 2. The van der Waals surface area contributed by atoms with Crippen LogP contribution in [0.25, 0.3) is 10.4 Å². The quantitative estimate of drug-likeness (QED) is 0.475. The molecule has 0 bridgehead atoms. The molecule has 0 saturated carbocycles. The van der Waals surface area contributed by atoms with Crippen LogP contribution in [0.3, 0.4) is 0 Å². The minimum absolute atomic E-state index is 0.159. The Morgan fingerprint density at radius 2 is 1.90 bits per heavy atom. The fraction of sp³-hybridized carbons (Fsp3) is 0.571. The Balaban J connectivity index is 1.29. The van der Waals surface area contributed by atoms with E-state index in [1.54, 1.807) is 16.2 Å². The average Bonchev–Trinajstić information content (AvgIpc) is 3.50. The second kappa shape index (κ2) is 12.5. The number of rotatable bonds is 8. The molecule has 0 radical (unpaired) electrons. The smallest absolute Gasteiger partial charge is 0.410 e. The fourth-order valence-corrected chi connectivity index (χ4v) is 5.87. The maximum atomic E-state index is 13.1. The first kappa shape index (κ1) is 29.1. The number of likely N-dealkylation sites (tertiary alicyclic amines) is 1. The van der Waals surface area contributed by atoms with E-state index >= 15 is 0 Å². The van der Waals surface area contributed by atoms with Crippen LogP contribution in [0.15, 0.2) is 29.8 Å². The van der Waals surface area contributed by atoms with Gasteiger partial charge in [-0.2, -0.15) is 0 Å². The summed E-state index contributed by atoms with van der Waals surface area (Å²) in [5.41, 5.74) is 4.35. The normalized spacial score (nSPS) is 21.5. The van der Waals surface area contributed by atoms with Gasteiger partial charge in [-0.25, -0.2) is 9.78 Å². The van der Waals surface area contributed by atoms with E-state index in [-0.39, 0.29) is 12.0 Å². The van der Waals surface area contributed by atoms with Crippen molar-refractivity contribution < 1.29 is 24.2 Å². The summed E-state index contributed by atoms with van der Waals surface area (Å²) in [6, 6.07) is 7.11. The molecular formula is C28H39N5O5S. The SMILES string of the molecule is Cc1ncsc1-c1ccc(CNC(=O)[C@@H]2C[C@@H](O)CN2CC(C=O)N2CCN(C(=O)OC(C)(C)C)CC2)cc1. The number of nitrogens with zero attached hydrogens (tertiary/aromatic N) is 4. The van der Waals surface area contributed by atoms with Crippen LogP contribution in [-0.4, -0.2) is 106 Å². The number of thiazole rings is 1. The first-order valence-corrected chi connectivity index (χ1v) is 14.3. The predicted octanol–water partition coefficient (Wildman–Crippen LogP) is 2.29. The predicted molar refractivity (Wildman–Crippen MR) is 149 cm³/mol. The monoisotopic (exact) mass is 557 g/mol. The summed E-state index contributed by atoms with van der Waals surface area (Å²) in [7, 11) is 0. The van der Waals surface area contributed by atoms with E-state index in [2.05, 4.69) is 10.3 Å². The molecule has 4 rings (SSSR count). The van der Waals surface area contributed by atoms with Crippen LogP contribution in [0.2, 0.25) is 0 Å². The highest BCUT2D eigenvalue weighted by atomic mass is 32.1. The summed E-state index contributed by atoms with van der Waals surface area (Å²) < 4.78 is 5.46. The Bertz CT molecular complexity index is 1140. The topological polar surface area (TPSA) is 115 Å². The van der Waals surface area contributed by atoms with Crippen molar-refractivity contribution in [3.63, 3.8) is 0 Å². The van der Waals surface area contributed by atoms with Crippen LogP contribution >= 0.6 is 11.3 Å². The van der Waals surface area contributed by atoms with E-state index in [9.17, 15) is 19.5 Å². The molecule has 2 aliphatic heterocycles. The highest BCUT2D eigenvalue weighted by Crippen LogP contribution is 2.27. The number of aliphatic hydroxyl groups excluding tert-OH is 1. The molecule has 2 saturated heterocycles. The molecule has 0 spiro atoms. The van der Waals surface area contributed by atoms with Gasteiger partial charge in [-0.1, -0.05) is 24.3 Å². The zero-order valence-electron chi connectivity index (χ0n) is 23.1. The van der Waals surface area contributed by atoms with Crippen LogP contribution in [0, 0.1) is 6.92 Å². The van der Waals surface area contributed by atoms with Crippen LogP contribution in [0.4, 0.5) is 4.79 Å². The highest BCUT2D eigenvalue weighted by Gasteiger charge is 2.38. The number of amides is 2. The minimum atomic E-state index is -0.626. The molecule has 2 aliphatic rings. The highest BCUT2D eigenvalue weighted by molar-refractivity contribution is 7.13. The van der Waals surface area contributed by atoms with Gasteiger partial charge in [-0.15, -0.1) is 11.3 Å². The lowest BCUT2D eigenvalue weighted by molar-refractivity contribution is -0.126. The lowest BCUT2D eigenvalue weighted by atomic mass is 10.1. The van der Waals surface area contributed by atoms with Crippen molar-refractivity contribution in [3.8, 4) is 10.4 Å². The molecule has 3 heterocycles. The maximum absolute atomic E-state index is 13.1. The molecule has 3 atom stereocenters. The minimum Gasteiger partial charge on any atom is -0.444 e. The number of piperazine rings is 1. The molecule has 2 aromatic rings. The second-order valence-corrected chi connectivity index (χ2v) is 12.1. The second-order valence-electron chi connectivity index (χ2n) is 11.2. The van der Waals surface area contributed by atoms with Crippen molar-refractivity contribution in [3.05, 3.63) is 41.0 Å². The summed E-state index contributed by atoms with van der Waals surface area (Å²) >= 11 is 1.60. The van der Waals surface area contributed by atoms with E-state index in [1.165, 1.54) is 0 Å². The molecule has 2 N–H and O–H groups in total. The number of aromatic nitrogens is 1. The third kappa shape index (κ3) is 7.63. The van der Waals surface area contributed by atoms with Crippen molar-refractivity contribution in [1.82, 2.24) is 25.0 Å². The maximum Gasteiger partial charge on any atom is 0.410 e. The zero-order valence-corrected chi connectivity index (χ0v) is 23.9.